The molecule has 2 heterocycles. The predicted octanol–water partition coefficient (Wildman–Crippen LogP) is 3.15. The molecule has 2 aliphatic rings. The van der Waals surface area contributed by atoms with E-state index in [1.165, 1.54) is 7.11 Å². The minimum absolute atomic E-state index is 0.132. The number of rotatable bonds is 5. The number of ether oxygens (including phenoxy) is 2. The number of amides is 2. The highest BCUT2D eigenvalue weighted by molar-refractivity contribution is 7.99. The minimum atomic E-state index is -0.517. The molecule has 28 heavy (non-hydrogen) atoms. The largest absolute Gasteiger partial charge is 0.493 e. The maximum atomic E-state index is 13.2. The molecule has 0 unspecified atom stereocenters. The van der Waals surface area contributed by atoms with Gasteiger partial charge in [0.1, 0.15) is 11.4 Å². The minimum Gasteiger partial charge on any atom is -0.493 e. The Morgan fingerprint density at radius 2 is 1.93 bits per heavy atom. The molecule has 2 aromatic rings. The second-order valence-corrected chi connectivity index (χ2v) is 7.93. The van der Waals surface area contributed by atoms with Crippen LogP contribution in [-0.4, -0.2) is 42.7 Å². The zero-order valence-corrected chi connectivity index (χ0v) is 16.8. The van der Waals surface area contributed by atoms with Crippen LogP contribution in [0.4, 0.5) is 0 Å². The van der Waals surface area contributed by atoms with E-state index < -0.39 is 6.04 Å². The number of benzene rings is 2. The van der Waals surface area contributed by atoms with E-state index in [0.717, 1.165) is 11.1 Å². The van der Waals surface area contributed by atoms with Gasteiger partial charge >= 0.3 is 0 Å². The zero-order valence-electron chi connectivity index (χ0n) is 16.0. The monoisotopic (exact) mass is 398 g/mol. The molecule has 6 nitrogen and oxygen atoms in total. The standard InChI is InChI=1S/C21H22N2O4S/c1-12(13-7-5-4-6-8-13)22-19(24)15-11-28-21-14-9-10-16(26-2)18(27-3)17(14)20(25)23(15)21/h4-10,12,15,21H,11H2,1-3H3,(H,22,24)/t12-,15+,21+/m0/s1. The first-order valence-electron chi connectivity index (χ1n) is 9.11. The third kappa shape index (κ3) is 2.90. The van der Waals surface area contributed by atoms with Crippen LogP contribution >= 0.6 is 11.8 Å². The van der Waals surface area contributed by atoms with Crippen molar-refractivity contribution in [2.24, 2.45) is 0 Å². The lowest BCUT2D eigenvalue weighted by molar-refractivity contribution is -0.125. The maximum absolute atomic E-state index is 13.2. The van der Waals surface area contributed by atoms with Crippen LogP contribution in [0.2, 0.25) is 0 Å². The van der Waals surface area contributed by atoms with Crippen LogP contribution in [0.5, 0.6) is 11.5 Å². The van der Waals surface area contributed by atoms with Crippen LogP contribution < -0.4 is 14.8 Å². The molecule has 4 rings (SSSR count). The Kier molecular flexibility index (Phi) is 4.93. The normalized spacial score (nSPS) is 21.1. The highest BCUT2D eigenvalue weighted by Gasteiger charge is 2.50. The molecule has 0 radical (unpaired) electrons. The van der Waals surface area contributed by atoms with Crippen molar-refractivity contribution in [2.45, 2.75) is 24.4 Å². The average molecular weight is 398 g/mol. The van der Waals surface area contributed by atoms with Crippen molar-refractivity contribution < 1.29 is 19.1 Å². The number of fused-ring (bicyclic) bond motifs is 3. The highest BCUT2D eigenvalue weighted by atomic mass is 32.2. The topological polar surface area (TPSA) is 67.9 Å². The van der Waals surface area contributed by atoms with Crippen molar-refractivity contribution in [1.29, 1.82) is 0 Å². The zero-order chi connectivity index (χ0) is 19.8. The van der Waals surface area contributed by atoms with Crippen LogP contribution in [0.1, 0.15) is 39.8 Å². The van der Waals surface area contributed by atoms with Crippen LogP contribution in [-0.2, 0) is 4.79 Å². The quantitative estimate of drug-likeness (QED) is 0.838. The third-order valence-electron chi connectivity index (χ3n) is 5.25. The second-order valence-electron chi connectivity index (χ2n) is 6.82. The molecule has 3 atom stereocenters. The van der Waals surface area contributed by atoms with E-state index in [0.29, 0.717) is 22.8 Å². The van der Waals surface area contributed by atoms with Crippen molar-refractivity contribution >= 4 is 23.6 Å². The molecular weight excluding hydrogens is 376 g/mol. The van der Waals surface area contributed by atoms with Gasteiger partial charge in [0.25, 0.3) is 5.91 Å². The first-order chi connectivity index (χ1) is 13.6. The van der Waals surface area contributed by atoms with Crippen LogP contribution in [0.25, 0.3) is 0 Å². The smallest absolute Gasteiger partial charge is 0.260 e. The molecule has 2 aromatic carbocycles. The molecule has 1 saturated heterocycles. The van der Waals surface area contributed by atoms with E-state index in [2.05, 4.69) is 5.32 Å². The number of methoxy groups -OCH3 is 2. The Morgan fingerprint density at radius 3 is 2.61 bits per heavy atom. The number of thioether (sulfide) groups is 1. The molecule has 0 bridgehead atoms. The fourth-order valence-electron chi connectivity index (χ4n) is 3.83. The average Bonchev–Trinajstić information content (AvgIpc) is 3.28. The summed E-state index contributed by atoms with van der Waals surface area (Å²) in [6.45, 7) is 1.95. The summed E-state index contributed by atoms with van der Waals surface area (Å²) in [6, 6.07) is 12.8. The summed E-state index contributed by atoms with van der Waals surface area (Å²) < 4.78 is 10.8. The van der Waals surface area contributed by atoms with Crippen molar-refractivity contribution in [3.05, 3.63) is 59.2 Å². The summed E-state index contributed by atoms with van der Waals surface area (Å²) in [7, 11) is 3.06. The van der Waals surface area contributed by atoms with Gasteiger partial charge in [-0.05, 0) is 18.6 Å². The van der Waals surface area contributed by atoms with Gasteiger partial charge in [-0.25, -0.2) is 0 Å². The first-order valence-corrected chi connectivity index (χ1v) is 10.2. The molecule has 2 aliphatic heterocycles. The number of hydrogen-bond acceptors (Lipinski definition) is 5. The molecular formula is C21H22N2O4S. The van der Waals surface area contributed by atoms with Crippen LogP contribution in [0.3, 0.4) is 0 Å². The molecule has 0 saturated carbocycles. The third-order valence-corrected chi connectivity index (χ3v) is 6.56. The van der Waals surface area contributed by atoms with E-state index in [1.54, 1.807) is 29.8 Å². The van der Waals surface area contributed by atoms with Crippen LogP contribution in [0.15, 0.2) is 42.5 Å². The lowest BCUT2D eigenvalue weighted by Crippen LogP contribution is -2.46. The highest BCUT2D eigenvalue weighted by Crippen LogP contribution is 2.52. The number of nitrogens with one attached hydrogen (secondary N) is 1. The van der Waals surface area contributed by atoms with Gasteiger partial charge in [0.05, 0.1) is 25.8 Å². The van der Waals surface area contributed by atoms with Crippen molar-refractivity contribution in [1.82, 2.24) is 10.2 Å². The lowest BCUT2D eigenvalue weighted by atomic mass is 10.1. The van der Waals surface area contributed by atoms with Crippen molar-refractivity contribution in [2.75, 3.05) is 20.0 Å². The first kappa shape index (κ1) is 18.7. The molecule has 0 spiro atoms. The van der Waals surface area contributed by atoms with Gasteiger partial charge in [-0.2, -0.15) is 0 Å². The Morgan fingerprint density at radius 1 is 1.18 bits per heavy atom. The summed E-state index contributed by atoms with van der Waals surface area (Å²) in [6.07, 6.45) is 0. The Bertz CT molecular complexity index is 918. The summed E-state index contributed by atoms with van der Waals surface area (Å²) in [4.78, 5) is 27.8. The summed E-state index contributed by atoms with van der Waals surface area (Å²) >= 11 is 1.60. The summed E-state index contributed by atoms with van der Waals surface area (Å²) in [5.41, 5.74) is 2.40. The van der Waals surface area contributed by atoms with E-state index >= 15 is 0 Å². The molecule has 146 valence electrons. The number of carbonyl (C=O) groups is 2. The van der Waals surface area contributed by atoms with Gasteiger partial charge in [-0.15, -0.1) is 11.8 Å². The summed E-state index contributed by atoms with van der Waals surface area (Å²) in [5, 5.41) is 2.87. The van der Waals surface area contributed by atoms with E-state index in [-0.39, 0.29) is 23.2 Å². The molecule has 2 amide bonds. The number of nitrogens with zero attached hydrogens (tertiary/aromatic N) is 1. The molecule has 1 N–H and O–H groups in total. The number of carbonyl (C=O) groups excluding carboxylic acids is 2. The lowest BCUT2D eigenvalue weighted by Gasteiger charge is -2.24. The van der Waals surface area contributed by atoms with E-state index in [1.807, 2.05) is 43.3 Å². The maximum Gasteiger partial charge on any atom is 0.260 e. The van der Waals surface area contributed by atoms with Crippen LogP contribution in [0, 0.1) is 0 Å². The Labute approximate surface area is 168 Å². The molecule has 1 fully saturated rings. The van der Waals surface area contributed by atoms with Gasteiger partial charge in [0.2, 0.25) is 5.91 Å². The van der Waals surface area contributed by atoms with E-state index in [9.17, 15) is 9.59 Å². The van der Waals surface area contributed by atoms with Gasteiger partial charge in [-0.1, -0.05) is 36.4 Å². The van der Waals surface area contributed by atoms with Gasteiger partial charge in [0.15, 0.2) is 11.5 Å². The number of hydrogen-bond donors (Lipinski definition) is 1. The molecule has 0 aliphatic carbocycles. The Balaban J connectivity index is 1.58. The fraction of sp³-hybridized carbons (Fsp3) is 0.333. The predicted molar refractivity (Wildman–Crippen MR) is 108 cm³/mol. The van der Waals surface area contributed by atoms with Gasteiger partial charge in [-0.3, -0.25) is 9.59 Å². The summed E-state index contributed by atoms with van der Waals surface area (Å²) in [5.74, 6) is 1.18. The second kappa shape index (κ2) is 7.39. The van der Waals surface area contributed by atoms with Crippen molar-refractivity contribution in [3.8, 4) is 11.5 Å². The van der Waals surface area contributed by atoms with Gasteiger partial charge < -0.3 is 19.7 Å². The van der Waals surface area contributed by atoms with Gasteiger partial charge in [0, 0.05) is 11.3 Å². The van der Waals surface area contributed by atoms with E-state index in [4.69, 9.17) is 9.47 Å². The van der Waals surface area contributed by atoms with Crippen molar-refractivity contribution in [3.63, 3.8) is 0 Å². The Hall–Kier alpha value is -2.67. The fourth-order valence-corrected chi connectivity index (χ4v) is 5.28. The SMILES string of the molecule is COc1ccc2c(c1OC)C(=O)N1[C@@H](C(=O)N[C@@H](C)c3ccccc3)CS[C@H]21. The molecule has 0 aromatic heterocycles. The molecule has 7 heteroatoms.